The molecule has 1 heterocycles. The summed E-state index contributed by atoms with van der Waals surface area (Å²) in [5.41, 5.74) is 9.01. The summed E-state index contributed by atoms with van der Waals surface area (Å²) in [6.45, 7) is 0. The summed E-state index contributed by atoms with van der Waals surface area (Å²) in [5.74, 6) is 1.73. The standard InChI is InChI=1S/C32H18ClNO/c33-29-18-24-22-7-1-2-8-25(22)32(28(24)17-23(29)21-15-13-20(19-34)14-16-21)26-9-3-5-11-30(26)35-31-12-6-4-10-27(31)32/h1-18H. The summed E-state index contributed by atoms with van der Waals surface area (Å²) < 4.78 is 6.40. The zero-order chi connectivity index (χ0) is 23.6. The van der Waals surface area contributed by atoms with Crippen LogP contribution >= 0.6 is 11.6 Å². The minimum absolute atomic E-state index is 0.525. The normalized spacial score (nSPS) is 13.7. The van der Waals surface area contributed by atoms with E-state index in [2.05, 4.69) is 66.7 Å². The molecule has 35 heavy (non-hydrogen) atoms. The van der Waals surface area contributed by atoms with Gasteiger partial charge in [-0.3, -0.25) is 0 Å². The number of hydrogen-bond donors (Lipinski definition) is 0. The van der Waals surface area contributed by atoms with E-state index in [1.165, 1.54) is 16.7 Å². The number of fused-ring (bicyclic) bond motifs is 9. The van der Waals surface area contributed by atoms with Gasteiger partial charge in [0.2, 0.25) is 0 Å². The molecule has 7 rings (SSSR count). The molecule has 0 atom stereocenters. The van der Waals surface area contributed by atoms with E-state index >= 15 is 0 Å². The fraction of sp³-hybridized carbons (Fsp3) is 0.0312. The van der Waals surface area contributed by atoms with Crippen LogP contribution in [0.25, 0.3) is 22.3 Å². The summed E-state index contributed by atoms with van der Waals surface area (Å²) in [5, 5.41) is 9.93. The Hall–Kier alpha value is -4.32. The van der Waals surface area contributed by atoms with Crippen molar-refractivity contribution in [2.45, 2.75) is 5.41 Å². The highest BCUT2D eigenvalue weighted by molar-refractivity contribution is 6.33. The minimum atomic E-state index is -0.525. The number of hydrogen-bond acceptors (Lipinski definition) is 2. The molecule has 0 saturated heterocycles. The maximum absolute atomic E-state index is 9.24. The predicted octanol–water partition coefficient (Wildman–Crippen LogP) is 8.35. The molecule has 0 N–H and O–H groups in total. The van der Waals surface area contributed by atoms with Gasteiger partial charge in [-0.05, 0) is 64.2 Å². The quantitative estimate of drug-likeness (QED) is 0.243. The summed E-state index contributed by atoms with van der Waals surface area (Å²) >= 11 is 6.92. The molecule has 2 aliphatic rings. The Labute approximate surface area is 208 Å². The second-order valence-corrected chi connectivity index (χ2v) is 9.36. The maximum Gasteiger partial charge on any atom is 0.132 e. The first-order valence-corrected chi connectivity index (χ1v) is 11.9. The molecule has 1 aliphatic carbocycles. The van der Waals surface area contributed by atoms with Crippen LogP contribution in [0.15, 0.2) is 109 Å². The predicted molar refractivity (Wildman–Crippen MR) is 139 cm³/mol. The lowest BCUT2D eigenvalue weighted by Gasteiger charge is -2.39. The number of para-hydroxylation sites is 2. The van der Waals surface area contributed by atoms with Gasteiger partial charge in [0.25, 0.3) is 0 Å². The number of benzene rings is 5. The summed E-state index contributed by atoms with van der Waals surface area (Å²) in [4.78, 5) is 0. The van der Waals surface area contributed by atoms with Crippen molar-refractivity contribution in [1.29, 1.82) is 5.26 Å². The Morgan fingerprint density at radius 1 is 0.600 bits per heavy atom. The average molecular weight is 468 g/mol. The Morgan fingerprint density at radius 2 is 1.20 bits per heavy atom. The van der Waals surface area contributed by atoms with E-state index in [4.69, 9.17) is 16.3 Å². The van der Waals surface area contributed by atoms with E-state index in [0.29, 0.717) is 10.6 Å². The highest BCUT2D eigenvalue weighted by atomic mass is 35.5. The number of ether oxygens (including phenoxy) is 1. The maximum atomic E-state index is 9.24. The molecule has 1 spiro atoms. The summed E-state index contributed by atoms with van der Waals surface area (Å²) in [7, 11) is 0. The van der Waals surface area contributed by atoms with Gasteiger partial charge in [-0.1, -0.05) is 84.4 Å². The Balaban J connectivity index is 1.61. The van der Waals surface area contributed by atoms with Gasteiger partial charge in [0.15, 0.2) is 0 Å². The highest BCUT2D eigenvalue weighted by Crippen LogP contribution is 2.62. The molecule has 2 nitrogen and oxygen atoms in total. The van der Waals surface area contributed by atoms with Gasteiger partial charge in [0.1, 0.15) is 11.5 Å². The third-order valence-corrected chi connectivity index (χ3v) is 7.57. The van der Waals surface area contributed by atoms with Crippen LogP contribution in [0.2, 0.25) is 5.02 Å². The molecule has 5 aromatic rings. The second kappa shape index (κ2) is 7.34. The van der Waals surface area contributed by atoms with E-state index in [-0.39, 0.29) is 0 Å². The van der Waals surface area contributed by atoms with Crippen LogP contribution in [0.3, 0.4) is 0 Å². The van der Waals surface area contributed by atoms with Crippen LogP contribution in [0.5, 0.6) is 11.5 Å². The van der Waals surface area contributed by atoms with Gasteiger partial charge in [0, 0.05) is 21.7 Å². The highest BCUT2D eigenvalue weighted by Gasteiger charge is 2.51. The topological polar surface area (TPSA) is 33.0 Å². The summed E-state index contributed by atoms with van der Waals surface area (Å²) in [6.07, 6.45) is 0. The first kappa shape index (κ1) is 20.1. The van der Waals surface area contributed by atoms with Crippen LogP contribution < -0.4 is 4.74 Å². The van der Waals surface area contributed by atoms with E-state index in [1.54, 1.807) is 0 Å². The average Bonchev–Trinajstić information content (AvgIpc) is 3.18. The number of halogens is 1. The van der Waals surface area contributed by atoms with Crippen LogP contribution in [0.1, 0.15) is 27.8 Å². The lowest BCUT2D eigenvalue weighted by molar-refractivity contribution is 0.436. The minimum Gasteiger partial charge on any atom is -0.457 e. The Bertz CT molecular complexity index is 1650. The first-order chi connectivity index (χ1) is 17.2. The molecule has 1 aliphatic heterocycles. The van der Waals surface area contributed by atoms with Crippen LogP contribution in [0.4, 0.5) is 0 Å². The second-order valence-electron chi connectivity index (χ2n) is 8.96. The molecular formula is C32H18ClNO. The van der Waals surface area contributed by atoms with Crippen molar-refractivity contribution in [3.8, 4) is 39.8 Å². The van der Waals surface area contributed by atoms with Crippen molar-refractivity contribution in [2.75, 3.05) is 0 Å². The van der Waals surface area contributed by atoms with Crippen molar-refractivity contribution in [2.24, 2.45) is 0 Å². The summed E-state index contributed by atoms with van der Waals surface area (Å²) in [6, 6.07) is 39.4. The lowest BCUT2D eigenvalue weighted by Crippen LogP contribution is -2.32. The van der Waals surface area contributed by atoms with Gasteiger partial charge in [-0.2, -0.15) is 5.26 Å². The van der Waals surface area contributed by atoms with Crippen molar-refractivity contribution in [3.05, 3.63) is 142 Å². The van der Waals surface area contributed by atoms with Crippen LogP contribution in [-0.2, 0) is 5.41 Å². The zero-order valence-electron chi connectivity index (χ0n) is 18.6. The van der Waals surface area contributed by atoms with E-state index in [1.807, 2.05) is 48.5 Å². The van der Waals surface area contributed by atoms with Crippen LogP contribution in [-0.4, -0.2) is 0 Å². The Kier molecular flexibility index (Phi) is 4.21. The van der Waals surface area contributed by atoms with E-state index in [9.17, 15) is 5.26 Å². The van der Waals surface area contributed by atoms with Crippen molar-refractivity contribution >= 4 is 11.6 Å². The molecule has 0 radical (unpaired) electrons. The van der Waals surface area contributed by atoms with Gasteiger partial charge in [-0.25, -0.2) is 0 Å². The number of nitriles is 1. The van der Waals surface area contributed by atoms with Gasteiger partial charge in [-0.15, -0.1) is 0 Å². The van der Waals surface area contributed by atoms with Crippen LogP contribution in [0, 0.1) is 11.3 Å². The van der Waals surface area contributed by atoms with Gasteiger partial charge in [0.05, 0.1) is 17.0 Å². The molecule has 0 aromatic heterocycles. The Morgan fingerprint density at radius 3 is 1.86 bits per heavy atom. The van der Waals surface area contributed by atoms with E-state index in [0.717, 1.165) is 39.3 Å². The number of rotatable bonds is 1. The molecule has 0 bridgehead atoms. The third-order valence-electron chi connectivity index (χ3n) is 7.26. The lowest BCUT2D eigenvalue weighted by atomic mass is 9.66. The smallest absolute Gasteiger partial charge is 0.132 e. The van der Waals surface area contributed by atoms with Gasteiger partial charge < -0.3 is 4.74 Å². The van der Waals surface area contributed by atoms with Crippen molar-refractivity contribution in [1.82, 2.24) is 0 Å². The van der Waals surface area contributed by atoms with Crippen molar-refractivity contribution in [3.63, 3.8) is 0 Å². The molecule has 0 unspecified atom stereocenters. The fourth-order valence-corrected chi connectivity index (χ4v) is 6.09. The monoisotopic (exact) mass is 467 g/mol. The van der Waals surface area contributed by atoms with Gasteiger partial charge >= 0.3 is 0 Å². The molecule has 164 valence electrons. The fourth-order valence-electron chi connectivity index (χ4n) is 5.82. The molecule has 0 fully saturated rings. The first-order valence-electron chi connectivity index (χ1n) is 11.5. The zero-order valence-corrected chi connectivity index (χ0v) is 19.4. The number of nitrogens with zero attached hydrogens (tertiary/aromatic N) is 1. The molecule has 0 saturated carbocycles. The molecule has 0 amide bonds. The molecule has 3 heteroatoms. The SMILES string of the molecule is N#Cc1ccc(-c2cc3c(cc2Cl)-c2ccccc2C32c3ccccc3Oc3ccccc32)cc1. The van der Waals surface area contributed by atoms with Crippen molar-refractivity contribution < 1.29 is 4.74 Å². The third kappa shape index (κ3) is 2.65. The molecular weight excluding hydrogens is 450 g/mol. The molecule has 5 aromatic carbocycles. The largest absolute Gasteiger partial charge is 0.457 e. The van der Waals surface area contributed by atoms with E-state index < -0.39 is 5.41 Å².